The number of imidazole rings is 1. The minimum Gasteiger partial charge on any atom is -0.454 e. The number of aryl methyl sites for hydroxylation is 1. The molecule has 2 aliphatic heterocycles. The first-order valence-electron chi connectivity index (χ1n) is 10.4. The summed E-state index contributed by atoms with van der Waals surface area (Å²) < 4.78 is 12.5. The third kappa shape index (κ3) is 4.03. The predicted octanol–water partition coefficient (Wildman–Crippen LogP) is 2.03. The molecule has 0 spiro atoms. The van der Waals surface area contributed by atoms with E-state index in [-0.39, 0.29) is 18.7 Å². The van der Waals surface area contributed by atoms with Crippen molar-refractivity contribution in [2.24, 2.45) is 0 Å². The Hall–Kier alpha value is -3.62. The molecule has 1 amide bonds. The van der Waals surface area contributed by atoms with Gasteiger partial charge in [0.2, 0.25) is 18.6 Å². The van der Waals surface area contributed by atoms with E-state index in [9.17, 15) is 4.79 Å². The zero-order valence-corrected chi connectivity index (χ0v) is 17.3. The van der Waals surface area contributed by atoms with Gasteiger partial charge < -0.3 is 19.7 Å². The minimum atomic E-state index is -0.235. The van der Waals surface area contributed by atoms with Crippen LogP contribution >= 0.6 is 0 Å². The Balaban J connectivity index is 1.24. The maximum Gasteiger partial charge on any atom is 0.242 e. The second-order valence-corrected chi connectivity index (χ2v) is 7.72. The highest BCUT2D eigenvalue weighted by molar-refractivity contribution is 5.85. The molecular formula is C22H24N6O3. The lowest BCUT2D eigenvalue weighted by atomic mass is 10.1. The number of hydrogen-bond donors (Lipinski definition) is 1. The van der Waals surface area contributed by atoms with E-state index < -0.39 is 0 Å². The van der Waals surface area contributed by atoms with Crippen LogP contribution in [0.3, 0.4) is 0 Å². The van der Waals surface area contributed by atoms with Gasteiger partial charge in [-0.1, -0.05) is 6.07 Å². The van der Waals surface area contributed by atoms with Crippen LogP contribution in [0.15, 0.2) is 43.0 Å². The van der Waals surface area contributed by atoms with Crippen LogP contribution in [-0.4, -0.2) is 51.4 Å². The van der Waals surface area contributed by atoms with Crippen LogP contribution in [0.25, 0.3) is 5.95 Å². The van der Waals surface area contributed by atoms with E-state index >= 15 is 0 Å². The van der Waals surface area contributed by atoms with Crippen LogP contribution < -0.4 is 19.7 Å². The van der Waals surface area contributed by atoms with Gasteiger partial charge in [-0.3, -0.25) is 9.36 Å². The number of carbonyl (C=O) groups excluding carboxylic acids is 1. The van der Waals surface area contributed by atoms with Gasteiger partial charge in [0, 0.05) is 37.2 Å². The molecule has 1 unspecified atom stereocenters. The van der Waals surface area contributed by atoms with Gasteiger partial charge >= 0.3 is 0 Å². The molecule has 0 radical (unpaired) electrons. The first-order valence-corrected chi connectivity index (χ1v) is 10.4. The van der Waals surface area contributed by atoms with Gasteiger partial charge in [0.15, 0.2) is 11.5 Å². The molecule has 1 atom stereocenters. The summed E-state index contributed by atoms with van der Waals surface area (Å²) in [5.74, 6) is 2.88. The molecule has 160 valence electrons. The van der Waals surface area contributed by atoms with Crippen molar-refractivity contribution in [3.05, 3.63) is 54.2 Å². The van der Waals surface area contributed by atoms with E-state index in [0.717, 1.165) is 54.4 Å². The average molecular weight is 420 g/mol. The van der Waals surface area contributed by atoms with Crippen molar-refractivity contribution in [3.8, 4) is 17.4 Å². The molecule has 3 aromatic rings. The Morgan fingerprint density at radius 2 is 2.13 bits per heavy atom. The third-order valence-corrected chi connectivity index (χ3v) is 5.56. The number of hydrogen-bond acceptors (Lipinski definition) is 7. The fraction of sp³-hybridized carbons (Fsp3) is 0.364. The van der Waals surface area contributed by atoms with E-state index in [1.54, 1.807) is 17.1 Å². The van der Waals surface area contributed by atoms with E-state index in [2.05, 4.69) is 25.2 Å². The molecule has 0 bridgehead atoms. The van der Waals surface area contributed by atoms with Crippen LogP contribution in [-0.2, 0) is 11.2 Å². The number of amides is 1. The number of anilines is 1. The summed E-state index contributed by atoms with van der Waals surface area (Å²) in [6.07, 6.45) is 7.65. The fourth-order valence-corrected chi connectivity index (χ4v) is 4.03. The zero-order chi connectivity index (χ0) is 21.2. The van der Waals surface area contributed by atoms with E-state index in [1.807, 2.05) is 37.4 Å². The normalized spacial score (nSPS) is 17.2. The smallest absolute Gasteiger partial charge is 0.242 e. The molecule has 0 aliphatic carbocycles. The molecule has 0 saturated carbocycles. The van der Waals surface area contributed by atoms with Gasteiger partial charge in [-0.25, -0.2) is 9.97 Å². The SMILES string of the molecule is Cc1cc(N2CCCC2C(=O)NCCc2ccc3c(c2)OCO3)nc(-n2ccnc2)n1. The number of rotatable bonds is 6. The number of ether oxygens (including phenoxy) is 2. The Morgan fingerprint density at radius 1 is 1.23 bits per heavy atom. The molecule has 9 nitrogen and oxygen atoms in total. The highest BCUT2D eigenvalue weighted by Gasteiger charge is 2.32. The maximum absolute atomic E-state index is 12.9. The Kier molecular flexibility index (Phi) is 5.15. The largest absolute Gasteiger partial charge is 0.454 e. The second kappa shape index (κ2) is 8.25. The summed E-state index contributed by atoms with van der Waals surface area (Å²) >= 11 is 0. The van der Waals surface area contributed by atoms with Crippen LogP contribution in [0.2, 0.25) is 0 Å². The molecule has 31 heavy (non-hydrogen) atoms. The van der Waals surface area contributed by atoms with Gasteiger partial charge in [-0.15, -0.1) is 0 Å². The average Bonchev–Trinajstić information content (AvgIpc) is 3.54. The van der Waals surface area contributed by atoms with Crippen molar-refractivity contribution in [3.63, 3.8) is 0 Å². The van der Waals surface area contributed by atoms with Crippen LogP contribution in [0, 0.1) is 6.92 Å². The van der Waals surface area contributed by atoms with Crippen molar-refractivity contribution in [1.29, 1.82) is 0 Å². The molecule has 4 heterocycles. The molecule has 2 aromatic heterocycles. The van der Waals surface area contributed by atoms with Crippen molar-refractivity contribution in [2.75, 3.05) is 24.8 Å². The number of fused-ring (bicyclic) bond motifs is 1. The molecule has 1 aromatic carbocycles. The molecule has 1 saturated heterocycles. The summed E-state index contributed by atoms with van der Waals surface area (Å²) in [6, 6.07) is 7.58. The lowest BCUT2D eigenvalue weighted by Gasteiger charge is -2.25. The summed E-state index contributed by atoms with van der Waals surface area (Å²) in [5.41, 5.74) is 1.95. The molecule has 9 heteroatoms. The number of nitrogens with one attached hydrogen (secondary N) is 1. The highest BCUT2D eigenvalue weighted by Crippen LogP contribution is 2.32. The first kappa shape index (κ1) is 19.3. The summed E-state index contributed by atoms with van der Waals surface area (Å²) in [4.78, 5) is 28.3. The molecule has 5 rings (SSSR count). The monoisotopic (exact) mass is 420 g/mol. The molecule has 1 N–H and O–H groups in total. The Labute approximate surface area is 180 Å². The minimum absolute atomic E-state index is 0.0266. The van der Waals surface area contributed by atoms with Crippen molar-refractivity contribution >= 4 is 11.7 Å². The molecule has 2 aliphatic rings. The lowest BCUT2D eigenvalue weighted by molar-refractivity contribution is -0.122. The second-order valence-electron chi connectivity index (χ2n) is 7.72. The fourth-order valence-electron chi connectivity index (χ4n) is 4.03. The van der Waals surface area contributed by atoms with Gasteiger partial charge in [0.25, 0.3) is 0 Å². The van der Waals surface area contributed by atoms with E-state index in [0.29, 0.717) is 12.5 Å². The zero-order valence-electron chi connectivity index (χ0n) is 17.3. The molecular weight excluding hydrogens is 396 g/mol. The van der Waals surface area contributed by atoms with E-state index in [4.69, 9.17) is 9.47 Å². The maximum atomic E-state index is 12.9. The number of aromatic nitrogens is 4. The van der Waals surface area contributed by atoms with Crippen molar-refractivity contribution in [1.82, 2.24) is 24.8 Å². The summed E-state index contributed by atoms with van der Waals surface area (Å²) in [6.45, 7) is 3.55. The van der Waals surface area contributed by atoms with Gasteiger partial charge in [-0.05, 0) is 43.9 Å². The van der Waals surface area contributed by atoms with E-state index in [1.165, 1.54) is 0 Å². The number of carbonyl (C=O) groups is 1. The number of nitrogens with zero attached hydrogens (tertiary/aromatic N) is 5. The quantitative estimate of drug-likeness (QED) is 0.652. The van der Waals surface area contributed by atoms with Gasteiger partial charge in [-0.2, -0.15) is 4.98 Å². The van der Waals surface area contributed by atoms with Crippen LogP contribution in [0.4, 0.5) is 5.82 Å². The van der Waals surface area contributed by atoms with Crippen molar-refractivity contribution in [2.45, 2.75) is 32.2 Å². The number of benzene rings is 1. The first-order chi connectivity index (χ1) is 15.2. The summed E-state index contributed by atoms with van der Waals surface area (Å²) in [7, 11) is 0. The highest BCUT2D eigenvalue weighted by atomic mass is 16.7. The topological polar surface area (TPSA) is 94.4 Å². The van der Waals surface area contributed by atoms with Gasteiger partial charge in [0.05, 0.1) is 0 Å². The van der Waals surface area contributed by atoms with Gasteiger partial charge in [0.1, 0.15) is 18.2 Å². The van der Waals surface area contributed by atoms with Crippen molar-refractivity contribution < 1.29 is 14.3 Å². The summed E-state index contributed by atoms with van der Waals surface area (Å²) in [5, 5.41) is 3.09. The Morgan fingerprint density at radius 3 is 3.00 bits per heavy atom. The third-order valence-electron chi connectivity index (χ3n) is 5.56. The molecule has 1 fully saturated rings. The lowest BCUT2D eigenvalue weighted by Crippen LogP contribution is -2.44. The van der Waals surface area contributed by atoms with Crippen LogP contribution in [0.1, 0.15) is 24.1 Å². The predicted molar refractivity (Wildman–Crippen MR) is 114 cm³/mol. The van der Waals surface area contributed by atoms with Crippen LogP contribution in [0.5, 0.6) is 11.5 Å². The standard InChI is InChI=1S/C22H24N6O3/c1-15-11-20(26-22(25-15)27-10-8-23-13-27)28-9-2-3-17(28)21(29)24-7-6-16-4-5-18-19(12-16)31-14-30-18/h4-5,8,10-13,17H,2-3,6-7,9,14H2,1H3,(H,24,29). The Bertz CT molecular complexity index is 1080.